The maximum absolute atomic E-state index is 13.6. The van der Waals surface area contributed by atoms with Crippen molar-refractivity contribution >= 4 is 28.2 Å². The van der Waals surface area contributed by atoms with Crippen molar-refractivity contribution in [1.29, 1.82) is 0 Å². The number of carbonyl (C=O) groups is 1. The fraction of sp³-hybridized carbons (Fsp3) is 0.148. The molecule has 6 heteroatoms. The van der Waals surface area contributed by atoms with Crippen LogP contribution in [0.2, 0.25) is 0 Å². The van der Waals surface area contributed by atoms with Crippen LogP contribution in [0, 0.1) is 19.7 Å². The molecule has 5 nitrogen and oxygen atoms in total. The molecule has 1 amide bonds. The number of aromatic nitrogens is 1. The number of anilines is 1. The number of rotatable bonds is 4. The summed E-state index contributed by atoms with van der Waals surface area (Å²) in [5.74, 6) is 0.206. The molecule has 0 spiro atoms. The van der Waals surface area contributed by atoms with Crippen molar-refractivity contribution in [3.63, 3.8) is 0 Å². The molecule has 0 fully saturated rings. The Hall–Kier alpha value is -4.06. The van der Waals surface area contributed by atoms with Gasteiger partial charge in [-0.15, -0.1) is 0 Å². The number of benzene rings is 3. The van der Waals surface area contributed by atoms with Gasteiger partial charge in [-0.3, -0.25) is 14.8 Å². The van der Waals surface area contributed by atoms with Crippen molar-refractivity contribution in [2.24, 2.45) is 4.99 Å². The SMILES string of the molecule is Cc1cc(F)cc(C)c1NC(=O)c1cccc(C2CN=C(c3cc4ccccc4cn3)N2)c1. The van der Waals surface area contributed by atoms with E-state index in [-0.39, 0.29) is 17.8 Å². The molecule has 0 bridgehead atoms. The highest BCUT2D eigenvalue weighted by Crippen LogP contribution is 2.24. The van der Waals surface area contributed by atoms with Gasteiger partial charge < -0.3 is 10.6 Å². The summed E-state index contributed by atoms with van der Waals surface area (Å²) < 4.78 is 13.6. The molecule has 2 N–H and O–H groups in total. The van der Waals surface area contributed by atoms with Crippen molar-refractivity contribution < 1.29 is 9.18 Å². The first-order valence-corrected chi connectivity index (χ1v) is 10.8. The number of nitrogens with one attached hydrogen (secondary N) is 2. The zero-order valence-electron chi connectivity index (χ0n) is 18.4. The van der Waals surface area contributed by atoms with Gasteiger partial charge in [0.05, 0.1) is 12.6 Å². The summed E-state index contributed by atoms with van der Waals surface area (Å²) in [4.78, 5) is 22.1. The standard InChI is InChI=1S/C27H23FN4O/c1-16-10-22(28)11-17(2)25(16)32-27(33)20-9-5-8-19(12-20)24-15-30-26(31-24)23-13-18-6-3-4-7-21(18)14-29-23/h3-14,24H,15H2,1-2H3,(H,30,31)(H,32,33). The number of fused-ring (bicyclic) bond motifs is 1. The lowest BCUT2D eigenvalue weighted by Gasteiger charge is -2.15. The number of aryl methyl sites for hydroxylation is 2. The van der Waals surface area contributed by atoms with Crippen molar-refractivity contribution in [3.05, 3.63) is 107 Å². The molecule has 164 valence electrons. The Bertz CT molecular complexity index is 1390. The molecule has 33 heavy (non-hydrogen) atoms. The largest absolute Gasteiger partial charge is 0.360 e. The van der Waals surface area contributed by atoms with Crippen LogP contribution in [0.1, 0.15) is 38.8 Å². The van der Waals surface area contributed by atoms with Gasteiger partial charge in [0.2, 0.25) is 0 Å². The minimum atomic E-state index is -0.311. The first-order valence-electron chi connectivity index (χ1n) is 10.8. The van der Waals surface area contributed by atoms with E-state index in [1.807, 2.05) is 48.7 Å². The quantitative estimate of drug-likeness (QED) is 0.452. The van der Waals surface area contributed by atoms with Gasteiger partial charge >= 0.3 is 0 Å². The highest BCUT2D eigenvalue weighted by Gasteiger charge is 2.22. The molecule has 1 aliphatic rings. The molecule has 4 aromatic rings. The number of amides is 1. The number of aliphatic imine (C=N–C) groups is 1. The smallest absolute Gasteiger partial charge is 0.255 e. The predicted octanol–water partition coefficient (Wildman–Crippen LogP) is 5.33. The van der Waals surface area contributed by atoms with Crippen LogP contribution in [-0.2, 0) is 0 Å². The molecule has 0 radical (unpaired) electrons. The molecule has 0 aliphatic carbocycles. The van der Waals surface area contributed by atoms with E-state index in [1.165, 1.54) is 12.1 Å². The average molecular weight is 439 g/mol. The Balaban J connectivity index is 1.33. The topological polar surface area (TPSA) is 66.4 Å². The van der Waals surface area contributed by atoms with Gasteiger partial charge in [0.1, 0.15) is 17.3 Å². The molecule has 5 rings (SSSR count). The number of pyridine rings is 1. The molecule has 3 aromatic carbocycles. The summed E-state index contributed by atoms with van der Waals surface area (Å²) in [6, 6.07) is 20.4. The van der Waals surface area contributed by atoms with Gasteiger partial charge in [0.15, 0.2) is 0 Å². The number of amidine groups is 1. The molecule has 0 saturated heterocycles. The van der Waals surface area contributed by atoms with Crippen LogP contribution in [0.15, 0.2) is 77.9 Å². The van der Waals surface area contributed by atoms with Gasteiger partial charge in [0.25, 0.3) is 5.91 Å². The fourth-order valence-electron chi connectivity index (χ4n) is 4.19. The molecule has 0 saturated carbocycles. The molecule has 2 heterocycles. The maximum Gasteiger partial charge on any atom is 0.255 e. The highest BCUT2D eigenvalue weighted by molar-refractivity contribution is 6.05. The minimum absolute atomic E-state index is 0.0460. The monoisotopic (exact) mass is 438 g/mol. The lowest BCUT2D eigenvalue weighted by atomic mass is 10.0. The summed E-state index contributed by atoms with van der Waals surface area (Å²) >= 11 is 0. The van der Waals surface area contributed by atoms with Crippen LogP contribution in [0.25, 0.3) is 10.8 Å². The van der Waals surface area contributed by atoms with E-state index in [9.17, 15) is 9.18 Å². The van der Waals surface area contributed by atoms with E-state index in [2.05, 4.69) is 26.7 Å². The molecule has 1 unspecified atom stereocenters. The highest BCUT2D eigenvalue weighted by atomic mass is 19.1. The summed E-state index contributed by atoms with van der Waals surface area (Å²) in [5, 5.41) is 8.57. The third kappa shape index (κ3) is 4.20. The lowest BCUT2D eigenvalue weighted by molar-refractivity contribution is 0.102. The number of carbonyl (C=O) groups excluding carboxylic acids is 1. The Morgan fingerprint density at radius 2 is 1.76 bits per heavy atom. The van der Waals surface area contributed by atoms with Crippen LogP contribution in [-0.4, -0.2) is 23.3 Å². The van der Waals surface area contributed by atoms with Gasteiger partial charge in [0, 0.05) is 22.8 Å². The van der Waals surface area contributed by atoms with E-state index >= 15 is 0 Å². The maximum atomic E-state index is 13.6. The summed E-state index contributed by atoms with van der Waals surface area (Å²) in [7, 11) is 0. The second-order valence-corrected chi connectivity index (χ2v) is 8.30. The van der Waals surface area contributed by atoms with Crippen LogP contribution in [0.4, 0.5) is 10.1 Å². The Morgan fingerprint density at radius 3 is 2.55 bits per heavy atom. The van der Waals surface area contributed by atoms with Crippen molar-refractivity contribution in [3.8, 4) is 0 Å². The van der Waals surface area contributed by atoms with E-state index in [1.54, 1.807) is 19.9 Å². The summed E-state index contributed by atoms with van der Waals surface area (Å²) in [6.07, 6.45) is 1.85. The number of halogens is 1. The number of hydrogen-bond acceptors (Lipinski definition) is 4. The van der Waals surface area contributed by atoms with E-state index < -0.39 is 0 Å². The molecule has 1 aliphatic heterocycles. The van der Waals surface area contributed by atoms with Crippen LogP contribution in [0.3, 0.4) is 0 Å². The van der Waals surface area contributed by atoms with Crippen LogP contribution < -0.4 is 10.6 Å². The predicted molar refractivity (Wildman–Crippen MR) is 129 cm³/mol. The number of hydrogen-bond donors (Lipinski definition) is 2. The normalized spacial score (nSPS) is 15.2. The zero-order valence-corrected chi connectivity index (χ0v) is 18.4. The van der Waals surface area contributed by atoms with Gasteiger partial charge in [-0.25, -0.2) is 4.39 Å². The molecular weight excluding hydrogens is 415 g/mol. The van der Waals surface area contributed by atoms with Crippen molar-refractivity contribution in [2.75, 3.05) is 11.9 Å². The minimum Gasteiger partial charge on any atom is -0.360 e. The summed E-state index contributed by atoms with van der Waals surface area (Å²) in [5.41, 5.74) is 4.32. The Morgan fingerprint density at radius 1 is 1.00 bits per heavy atom. The molecule has 1 aromatic heterocycles. The van der Waals surface area contributed by atoms with Gasteiger partial charge in [-0.2, -0.15) is 0 Å². The van der Waals surface area contributed by atoms with Crippen molar-refractivity contribution in [2.45, 2.75) is 19.9 Å². The van der Waals surface area contributed by atoms with E-state index in [4.69, 9.17) is 0 Å². The molecular formula is C27H23FN4O. The second kappa shape index (κ2) is 8.47. The third-order valence-corrected chi connectivity index (χ3v) is 5.90. The number of nitrogens with zero attached hydrogens (tertiary/aromatic N) is 2. The van der Waals surface area contributed by atoms with E-state index in [0.29, 0.717) is 28.9 Å². The average Bonchev–Trinajstić information content (AvgIpc) is 3.31. The lowest BCUT2D eigenvalue weighted by Crippen LogP contribution is -2.25. The van der Waals surface area contributed by atoms with Crippen LogP contribution >= 0.6 is 0 Å². The first-order chi connectivity index (χ1) is 16.0. The molecule has 1 atom stereocenters. The third-order valence-electron chi connectivity index (χ3n) is 5.90. The van der Waals surface area contributed by atoms with Crippen LogP contribution in [0.5, 0.6) is 0 Å². The zero-order chi connectivity index (χ0) is 22.9. The van der Waals surface area contributed by atoms with Crippen molar-refractivity contribution in [1.82, 2.24) is 10.3 Å². The Kier molecular flexibility index (Phi) is 5.34. The second-order valence-electron chi connectivity index (χ2n) is 8.30. The Labute approximate surface area is 191 Å². The fourth-order valence-corrected chi connectivity index (χ4v) is 4.19. The summed E-state index contributed by atoms with van der Waals surface area (Å²) in [6.45, 7) is 4.12. The first kappa shape index (κ1) is 20.8. The van der Waals surface area contributed by atoms with E-state index in [0.717, 1.165) is 27.9 Å². The van der Waals surface area contributed by atoms with Gasteiger partial charge in [-0.1, -0.05) is 36.4 Å². The van der Waals surface area contributed by atoms with Gasteiger partial charge in [-0.05, 0) is 66.3 Å².